The molecule has 0 spiro atoms. The lowest BCUT2D eigenvalue weighted by Gasteiger charge is -2.11. The Morgan fingerprint density at radius 2 is 1.70 bits per heavy atom. The number of aryl methyl sites for hydroxylation is 2. The van der Waals surface area contributed by atoms with Gasteiger partial charge in [0.2, 0.25) is 5.91 Å². The van der Waals surface area contributed by atoms with Crippen LogP contribution >= 0.6 is 0 Å². The first-order valence-corrected chi connectivity index (χ1v) is 9.34. The zero-order chi connectivity index (χ0) is 19.8. The van der Waals surface area contributed by atoms with Crippen LogP contribution in [0.2, 0.25) is 0 Å². The molecule has 2 aromatic rings. The molecule has 2 aromatic carbocycles. The molecule has 0 aliphatic carbocycles. The van der Waals surface area contributed by atoms with Gasteiger partial charge in [0.25, 0.3) is 5.91 Å². The van der Waals surface area contributed by atoms with E-state index < -0.39 is 0 Å². The van der Waals surface area contributed by atoms with E-state index >= 15 is 0 Å². The maximum absolute atomic E-state index is 12.1. The first-order chi connectivity index (χ1) is 12.8. The van der Waals surface area contributed by atoms with Crippen LogP contribution in [-0.4, -0.2) is 24.9 Å². The number of nitrogens with one attached hydrogen (secondary N) is 3. The summed E-state index contributed by atoms with van der Waals surface area (Å²) < 4.78 is 0. The average molecular weight is 367 g/mol. The van der Waals surface area contributed by atoms with E-state index in [9.17, 15) is 9.59 Å². The third kappa shape index (κ3) is 6.77. The molecule has 0 saturated carbocycles. The second-order valence-corrected chi connectivity index (χ2v) is 7.24. The molecule has 0 aromatic heterocycles. The Morgan fingerprint density at radius 1 is 1.00 bits per heavy atom. The zero-order valence-electron chi connectivity index (χ0n) is 16.6. The normalized spacial score (nSPS) is 10.6. The summed E-state index contributed by atoms with van der Waals surface area (Å²) in [5.74, 6) is 0.328. The molecule has 0 radical (unpaired) electrons. The molecule has 0 unspecified atom stereocenters. The highest BCUT2D eigenvalue weighted by molar-refractivity contribution is 5.96. The lowest BCUT2D eigenvalue weighted by Crippen LogP contribution is -2.25. The Kier molecular flexibility index (Phi) is 7.41. The molecule has 3 N–H and O–H groups in total. The quantitative estimate of drug-likeness (QED) is 0.657. The average Bonchev–Trinajstić information content (AvgIpc) is 2.61. The standard InChI is InChI=1S/C22H29N3O2/c1-15(2)11-12-23-22(27)18-6-8-19(9-7-18)25-21(26)14-24-20-10-5-16(3)13-17(20)4/h5-10,13,15,24H,11-12,14H2,1-4H3,(H,23,27)(H,25,26). The number of hydrogen-bond acceptors (Lipinski definition) is 3. The molecule has 144 valence electrons. The predicted octanol–water partition coefficient (Wildman–Crippen LogP) is 4.13. The molecule has 0 saturated heterocycles. The number of rotatable bonds is 8. The van der Waals surface area contributed by atoms with Gasteiger partial charge in [0.1, 0.15) is 0 Å². The van der Waals surface area contributed by atoms with Crippen LogP contribution in [0.25, 0.3) is 0 Å². The van der Waals surface area contributed by atoms with Crippen molar-refractivity contribution in [3.63, 3.8) is 0 Å². The maximum Gasteiger partial charge on any atom is 0.251 e. The number of amides is 2. The van der Waals surface area contributed by atoms with Crippen LogP contribution in [0.4, 0.5) is 11.4 Å². The predicted molar refractivity (Wildman–Crippen MR) is 111 cm³/mol. The second kappa shape index (κ2) is 9.76. The van der Waals surface area contributed by atoms with E-state index in [4.69, 9.17) is 0 Å². The molecule has 27 heavy (non-hydrogen) atoms. The molecule has 5 heteroatoms. The highest BCUT2D eigenvalue weighted by atomic mass is 16.2. The van der Waals surface area contributed by atoms with E-state index in [1.807, 2.05) is 26.0 Å². The van der Waals surface area contributed by atoms with Gasteiger partial charge in [0.15, 0.2) is 0 Å². The lowest BCUT2D eigenvalue weighted by atomic mass is 10.1. The highest BCUT2D eigenvalue weighted by Crippen LogP contribution is 2.16. The summed E-state index contributed by atoms with van der Waals surface area (Å²) in [6.45, 7) is 9.15. The van der Waals surface area contributed by atoms with E-state index in [1.54, 1.807) is 24.3 Å². The van der Waals surface area contributed by atoms with Crippen molar-refractivity contribution in [3.8, 4) is 0 Å². The van der Waals surface area contributed by atoms with E-state index in [0.717, 1.165) is 17.7 Å². The van der Waals surface area contributed by atoms with Crippen LogP contribution in [0.5, 0.6) is 0 Å². The molecular weight excluding hydrogens is 338 g/mol. The number of benzene rings is 2. The third-order valence-electron chi connectivity index (χ3n) is 4.26. The molecule has 0 aliphatic heterocycles. The van der Waals surface area contributed by atoms with Gasteiger partial charge >= 0.3 is 0 Å². The van der Waals surface area contributed by atoms with Crippen LogP contribution in [0.15, 0.2) is 42.5 Å². The van der Waals surface area contributed by atoms with Crippen molar-refractivity contribution in [2.45, 2.75) is 34.1 Å². The molecule has 2 amide bonds. The van der Waals surface area contributed by atoms with E-state index in [1.165, 1.54) is 5.56 Å². The number of hydrogen-bond donors (Lipinski definition) is 3. The first-order valence-electron chi connectivity index (χ1n) is 9.34. The van der Waals surface area contributed by atoms with E-state index in [2.05, 4.69) is 35.9 Å². The number of carbonyl (C=O) groups is 2. The summed E-state index contributed by atoms with van der Waals surface area (Å²) in [4.78, 5) is 24.2. The SMILES string of the molecule is Cc1ccc(NCC(=O)Nc2ccc(C(=O)NCCC(C)C)cc2)c(C)c1. The van der Waals surface area contributed by atoms with Gasteiger partial charge in [0.05, 0.1) is 6.54 Å². The van der Waals surface area contributed by atoms with Crippen molar-refractivity contribution in [2.24, 2.45) is 5.92 Å². The minimum Gasteiger partial charge on any atom is -0.376 e. The molecule has 2 rings (SSSR count). The largest absolute Gasteiger partial charge is 0.376 e. The molecular formula is C22H29N3O2. The monoisotopic (exact) mass is 367 g/mol. The van der Waals surface area contributed by atoms with Crippen molar-refractivity contribution in [2.75, 3.05) is 23.7 Å². The fraction of sp³-hybridized carbons (Fsp3) is 0.364. The van der Waals surface area contributed by atoms with Gasteiger partial charge in [-0.15, -0.1) is 0 Å². The van der Waals surface area contributed by atoms with Crippen LogP contribution in [0.1, 0.15) is 41.8 Å². The second-order valence-electron chi connectivity index (χ2n) is 7.24. The van der Waals surface area contributed by atoms with Crippen molar-refractivity contribution < 1.29 is 9.59 Å². The molecule has 0 heterocycles. The van der Waals surface area contributed by atoms with Crippen LogP contribution < -0.4 is 16.0 Å². The Labute approximate surface area is 161 Å². The topological polar surface area (TPSA) is 70.2 Å². The van der Waals surface area contributed by atoms with E-state index in [0.29, 0.717) is 23.7 Å². The van der Waals surface area contributed by atoms with Gasteiger partial charge in [0, 0.05) is 23.5 Å². The Morgan fingerprint density at radius 3 is 2.33 bits per heavy atom. The fourth-order valence-electron chi connectivity index (χ4n) is 2.67. The molecule has 5 nitrogen and oxygen atoms in total. The summed E-state index contributed by atoms with van der Waals surface area (Å²) in [5.41, 5.74) is 4.50. The third-order valence-corrected chi connectivity index (χ3v) is 4.26. The molecule has 0 bridgehead atoms. The lowest BCUT2D eigenvalue weighted by molar-refractivity contribution is -0.114. The number of carbonyl (C=O) groups excluding carboxylic acids is 2. The van der Waals surface area contributed by atoms with Gasteiger partial charge in [-0.1, -0.05) is 31.5 Å². The first kappa shape index (κ1) is 20.5. The van der Waals surface area contributed by atoms with Crippen molar-refractivity contribution in [3.05, 3.63) is 59.2 Å². The van der Waals surface area contributed by atoms with Gasteiger partial charge in [-0.3, -0.25) is 9.59 Å². The molecule has 0 atom stereocenters. The van der Waals surface area contributed by atoms with Crippen LogP contribution in [-0.2, 0) is 4.79 Å². The smallest absolute Gasteiger partial charge is 0.251 e. The van der Waals surface area contributed by atoms with E-state index in [-0.39, 0.29) is 18.4 Å². The zero-order valence-corrected chi connectivity index (χ0v) is 16.6. The van der Waals surface area contributed by atoms with Gasteiger partial charge < -0.3 is 16.0 Å². The summed E-state index contributed by atoms with van der Waals surface area (Å²) in [5, 5.41) is 8.88. The summed E-state index contributed by atoms with van der Waals surface area (Å²) in [7, 11) is 0. The summed E-state index contributed by atoms with van der Waals surface area (Å²) in [6, 6.07) is 13.0. The number of anilines is 2. The Hall–Kier alpha value is -2.82. The van der Waals surface area contributed by atoms with Gasteiger partial charge in [-0.2, -0.15) is 0 Å². The minimum atomic E-state index is -0.135. The minimum absolute atomic E-state index is 0.0926. The van der Waals surface area contributed by atoms with Crippen LogP contribution in [0.3, 0.4) is 0 Å². The Balaban J connectivity index is 1.82. The summed E-state index contributed by atoms with van der Waals surface area (Å²) >= 11 is 0. The highest BCUT2D eigenvalue weighted by Gasteiger charge is 2.07. The van der Waals surface area contributed by atoms with Crippen LogP contribution in [0, 0.1) is 19.8 Å². The Bertz CT molecular complexity index is 783. The fourth-order valence-corrected chi connectivity index (χ4v) is 2.67. The van der Waals surface area contributed by atoms with Gasteiger partial charge in [-0.05, 0) is 62.1 Å². The maximum atomic E-state index is 12.1. The molecule has 0 fully saturated rings. The van der Waals surface area contributed by atoms with Gasteiger partial charge in [-0.25, -0.2) is 0 Å². The molecule has 0 aliphatic rings. The van der Waals surface area contributed by atoms with Crippen molar-refractivity contribution in [1.29, 1.82) is 0 Å². The van der Waals surface area contributed by atoms with Crippen molar-refractivity contribution >= 4 is 23.2 Å². The van der Waals surface area contributed by atoms with Crippen molar-refractivity contribution in [1.82, 2.24) is 5.32 Å². The summed E-state index contributed by atoms with van der Waals surface area (Å²) in [6.07, 6.45) is 0.952.